The van der Waals surface area contributed by atoms with Crippen LogP contribution >= 0.6 is 11.6 Å². The SMILES string of the molecule is CCC(=O)N1CCN(c2nc(OC[C@@H]3CCCN3C)nc3c2CCN(c2cccc4cccc(Cl)c24)C3)C[C@@H]1CC#N. The Hall–Kier alpha value is -3.61. The number of amides is 1. The van der Waals surface area contributed by atoms with Gasteiger partial charge in [0.2, 0.25) is 5.91 Å². The highest BCUT2D eigenvalue weighted by atomic mass is 35.5. The number of rotatable bonds is 7. The Bertz CT molecular complexity index is 1500. The van der Waals surface area contributed by atoms with Crippen LogP contribution in [0.2, 0.25) is 5.02 Å². The van der Waals surface area contributed by atoms with Crippen LogP contribution in [0.25, 0.3) is 10.8 Å². The fourth-order valence-electron chi connectivity index (χ4n) is 6.68. The van der Waals surface area contributed by atoms with Gasteiger partial charge in [0.05, 0.1) is 35.8 Å². The molecule has 0 unspecified atom stereocenters. The van der Waals surface area contributed by atoms with E-state index in [1.165, 1.54) is 6.42 Å². The van der Waals surface area contributed by atoms with Crippen molar-refractivity contribution >= 4 is 39.8 Å². The largest absolute Gasteiger partial charge is 0.462 e. The van der Waals surface area contributed by atoms with Crippen molar-refractivity contribution in [2.75, 3.05) is 56.2 Å². The van der Waals surface area contributed by atoms with E-state index in [0.717, 1.165) is 64.5 Å². The van der Waals surface area contributed by atoms with Gasteiger partial charge in [0.1, 0.15) is 12.4 Å². The quantitative estimate of drug-likeness (QED) is 0.394. The molecule has 0 radical (unpaired) electrons. The van der Waals surface area contributed by atoms with E-state index in [1.54, 1.807) is 0 Å². The summed E-state index contributed by atoms with van der Waals surface area (Å²) in [5.74, 6) is 0.964. The number of hydrogen-bond acceptors (Lipinski definition) is 8. The van der Waals surface area contributed by atoms with Crippen molar-refractivity contribution in [3.05, 3.63) is 52.7 Å². The number of aromatic nitrogens is 2. The highest BCUT2D eigenvalue weighted by molar-refractivity contribution is 6.36. The van der Waals surface area contributed by atoms with Crippen LogP contribution in [0.5, 0.6) is 6.01 Å². The Balaban J connectivity index is 1.34. The molecule has 0 aliphatic carbocycles. The fourth-order valence-corrected chi connectivity index (χ4v) is 6.96. The maximum absolute atomic E-state index is 12.6. The summed E-state index contributed by atoms with van der Waals surface area (Å²) in [5.41, 5.74) is 3.17. The summed E-state index contributed by atoms with van der Waals surface area (Å²) in [4.78, 5) is 31.4. The molecule has 1 amide bonds. The number of carbonyl (C=O) groups is 1. The zero-order chi connectivity index (χ0) is 29.2. The smallest absolute Gasteiger partial charge is 0.318 e. The maximum atomic E-state index is 12.6. The van der Waals surface area contributed by atoms with Crippen molar-refractivity contribution in [2.45, 2.75) is 57.7 Å². The molecule has 2 atom stereocenters. The number of nitrogens with zero attached hydrogens (tertiary/aromatic N) is 7. The molecule has 9 nitrogen and oxygen atoms in total. The van der Waals surface area contributed by atoms with Gasteiger partial charge in [0, 0.05) is 55.3 Å². The summed E-state index contributed by atoms with van der Waals surface area (Å²) in [6.45, 7) is 6.71. The van der Waals surface area contributed by atoms with E-state index in [1.807, 2.05) is 24.0 Å². The summed E-state index contributed by atoms with van der Waals surface area (Å²) in [6, 6.07) is 15.2. The maximum Gasteiger partial charge on any atom is 0.318 e. The first kappa shape index (κ1) is 28.5. The van der Waals surface area contributed by atoms with Crippen LogP contribution in [0.4, 0.5) is 11.5 Å². The molecule has 1 aromatic heterocycles. The molecule has 0 N–H and O–H groups in total. The predicted molar refractivity (Wildman–Crippen MR) is 165 cm³/mol. The highest BCUT2D eigenvalue weighted by Crippen LogP contribution is 2.37. The van der Waals surface area contributed by atoms with Crippen LogP contribution in [0.1, 0.15) is 43.9 Å². The molecule has 42 heavy (non-hydrogen) atoms. The number of likely N-dealkylation sites (N-methyl/N-ethyl adjacent to an activating group) is 1. The Kier molecular flexibility index (Phi) is 8.36. The summed E-state index contributed by atoms with van der Waals surface area (Å²) < 4.78 is 6.29. The average Bonchev–Trinajstić information content (AvgIpc) is 3.43. The average molecular weight is 588 g/mol. The van der Waals surface area contributed by atoms with Gasteiger partial charge in [-0.2, -0.15) is 15.2 Å². The lowest BCUT2D eigenvalue weighted by Gasteiger charge is -2.42. The lowest BCUT2D eigenvalue weighted by molar-refractivity contribution is -0.133. The van der Waals surface area contributed by atoms with Crippen LogP contribution in [0.3, 0.4) is 0 Å². The topological polar surface area (TPSA) is 88.8 Å². The third kappa shape index (κ3) is 5.58. The lowest BCUT2D eigenvalue weighted by Crippen LogP contribution is -2.55. The number of ether oxygens (including phenoxy) is 1. The van der Waals surface area contributed by atoms with Crippen molar-refractivity contribution in [1.82, 2.24) is 19.8 Å². The molecule has 3 aliphatic heterocycles. The van der Waals surface area contributed by atoms with Crippen molar-refractivity contribution in [3.63, 3.8) is 0 Å². The summed E-state index contributed by atoms with van der Waals surface area (Å²) in [7, 11) is 2.14. The number of anilines is 2. The molecular formula is C32H38ClN7O2. The van der Waals surface area contributed by atoms with Crippen molar-refractivity contribution in [3.8, 4) is 12.1 Å². The summed E-state index contributed by atoms with van der Waals surface area (Å²) in [6.07, 6.45) is 3.78. The van der Waals surface area contributed by atoms with Crippen LogP contribution in [0.15, 0.2) is 36.4 Å². The molecule has 0 saturated carbocycles. The number of benzene rings is 2. The standard InChI is InChI=1S/C32H38ClN7O2/c1-3-29(41)40-18-17-39(19-23(40)12-14-34)31-25-13-16-38(28-11-5-8-22-7-4-10-26(33)30(22)28)20-27(25)35-32(36-31)42-21-24-9-6-15-37(24)2/h4-5,7-8,10-11,23-24H,3,6,9,12-13,15-21H2,1-2H3/t23-,24-/m0/s1. The molecule has 2 aromatic carbocycles. The van der Waals surface area contributed by atoms with E-state index in [0.29, 0.717) is 57.7 Å². The molecular weight excluding hydrogens is 550 g/mol. The van der Waals surface area contributed by atoms with Gasteiger partial charge in [-0.15, -0.1) is 0 Å². The van der Waals surface area contributed by atoms with Crippen LogP contribution < -0.4 is 14.5 Å². The lowest BCUT2D eigenvalue weighted by atomic mass is 10.0. The van der Waals surface area contributed by atoms with E-state index in [2.05, 4.69) is 52.1 Å². The van der Waals surface area contributed by atoms with E-state index in [-0.39, 0.29) is 11.9 Å². The number of nitriles is 1. The number of fused-ring (bicyclic) bond motifs is 2. The number of piperazine rings is 1. The second-order valence-electron chi connectivity index (χ2n) is 11.5. The molecule has 0 bridgehead atoms. The van der Waals surface area contributed by atoms with Crippen molar-refractivity contribution in [1.29, 1.82) is 5.26 Å². The zero-order valence-corrected chi connectivity index (χ0v) is 25.2. The summed E-state index contributed by atoms with van der Waals surface area (Å²) >= 11 is 6.70. The first-order chi connectivity index (χ1) is 20.5. The first-order valence-electron chi connectivity index (χ1n) is 15.0. The molecule has 2 fully saturated rings. The highest BCUT2D eigenvalue weighted by Gasteiger charge is 2.34. The third-order valence-corrected chi connectivity index (χ3v) is 9.32. The number of hydrogen-bond donors (Lipinski definition) is 0. The molecule has 3 aliphatic rings. The minimum atomic E-state index is -0.170. The number of halogens is 1. The minimum Gasteiger partial charge on any atom is -0.462 e. The molecule has 4 heterocycles. The zero-order valence-electron chi connectivity index (χ0n) is 24.4. The Morgan fingerprint density at radius 3 is 2.69 bits per heavy atom. The van der Waals surface area contributed by atoms with Crippen molar-refractivity contribution < 1.29 is 9.53 Å². The second kappa shape index (κ2) is 12.3. The molecule has 6 rings (SSSR count). The van der Waals surface area contributed by atoms with Gasteiger partial charge >= 0.3 is 6.01 Å². The number of carbonyl (C=O) groups excluding carboxylic acids is 1. The van der Waals surface area contributed by atoms with Gasteiger partial charge in [-0.25, -0.2) is 0 Å². The first-order valence-corrected chi connectivity index (χ1v) is 15.4. The second-order valence-corrected chi connectivity index (χ2v) is 11.9. The Morgan fingerprint density at radius 2 is 1.93 bits per heavy atom. The van der Waals surface area contributed by atoms with Gasteiger partial charge in [0.15, 0.2) is 0 Å². The van der Waals surface area contributed by atoms with E-state index in [9.17, 15) is 10.1 Å². The number of likely N-dealkylation sites (tertiary alicyclic amines) is 1. The van der Waals surface area contributed by atoms with E-state index < -0.39 is 0 Å². The molecule has 10 heteroatoms. The van der Waals surface area contributed by atoms with Gasteiger partial charge in [-0.05, 0) is 50.4 Å². The summed E-state index contributed by atoms with van der Waals surface area (Å²) in [5, 5.41) is 12.4. The fraction of sp³-hybridized carbons (Fsp3) is 0.500. The van der Waals surface area contributed by atoms with Crippen LogP contribution in [-0.4, -0.2) is 84.1 Å². The monoisotopic (exact) mass is 587 g/mol. The van der Waals surface area contributed by atoms with Crippen molar-refractivity contribution in [2.24, 2.45) is 0 Å². The molecule has 2 saturated heterocycles. The predicted octanol–water partition coefficient (Wildman–Crippen LogP) is 4.66. The Morgan fingerprint density at radius 1 is 1.10 bits per heavy atom. The molecule has 220 valence electrons. The van der Waals surface area contributed by atoms with Gasteiger partial charge in [-0.1, -0.05) is 42.8 Å². The molecule has 0 spiro atoms. The van der Waals surface area contributed by atoms with E-state index >= 15 is 0 Å². The van der Waals surface area contributed by atoms with Crippen LogP contribution in [-0.2, 0) is 17.8 Å². The third-order valence-electron chi connectivity index (χ3n) is 9.00. The van der Waals surface area contributed by atoms with Gasteiger partial charge < -0.3 is 24.3 Å². The van der Waals surface area contributed by atoms with E-state index in [4.69, 9.17) is 26.3 Å². The van der Waals surface area contributed by atoms with Gasteiger partial charge in [-0.3, -0.25) is 4.79 Å². The molecule has 3 aromatic rings. The van der Waals surface area contributed by atoms with Gasteiger partial charge in [0.25, 0.3) is 0 Å². The minimum absolute atomic E-state index is 0.0914. The Labute approximate surface area is 252 Å². The normalized spacial score (nSPS) is 21.0. The van der Waals surface area contributed by atoms with Crippen LogP contribution in [0, 0.1) is 11.3 Å².